The van der Waals surface area contributed by atoms with Crippen molar-refractivity contribution in [2.24, 2.45) is 5.73 Å². The maximum absolute atomic E-state index is 6.38. The molecule has 1 aliphatic heterocycles. The Morgan fingerprint density at radius 3 is 2.75 bits per heavy atom. The summed E-state index contributed by atoms with van der Waals surface area (Å²) in [6.45, 7) is 1.95. The number of anilines is 1. The predicted octanol–water partition coefficient (Wildman–Crippen LogP) is 3.00. The summed E-state index contributed by atoms with van der Waals surface area (Å²) < 4.78 is 6.38. The molecule has 0 aromatic heterocycles. The van der Waals surface area contributed by atoms with E-state index in [1.165, 1.54) is 11.1 Å². The van der Waals surface area contributed by atoms with E-state index in [9.17, 15) is 0 Å². The number of fused-ring (bicyclic) bond motifs is 1. The number of nitrogens with two attached hydrogens (primary N) is 2. The molecule has 0 radical (unpaired) electrons. The second-order valence-corrected chi connectivity index (χ2v) is 7.17. The second-order valence-electron chi connectivity index (χ2n) is 6.73. The quantitative estimate of drug-likeness (QED) is 0.841. The van der Waals surface area contributed by atoms with Crippen LogP contribution in [0.4, 0.5) is 5.69 Å². The second kappa shape index (κ2) is 6.28. The number of nitrogens with zero attached hydrogens (tertiary/aromatic N) is 1. The third-order valence-electron chi connectivity index (χ3n) is 5.09. The lowest BCUT2D eigenvalue weighted by Crippen LogP contribution is -2.40. The van der Waals surface area contributed by atoms with Gasteiger partial charge in [-0.3, -0.25) is 4.90 Å². The van der Waals surface area contributed by atoms with Gasteiger partial charge in [-0.25, -0.2) is 0 Å². The zero-order chi connectivity index (χ0) is 16.7. The topological polar surface area (TPSA) is 64.5 Å². The average molecular weight is 344 g/mol. The van der Waals surface area contributed by atoms with Crippen molar-refractivity contribution >= 4 is 17.3 Å². The summed E-state index contributed by atoms with van der Waals surface area (Å²) in [5, 5.41) is 0.619. The highest BCUT2D eigenvalue weighted by Gasteiger charge is 2.40. The lowest BCUT2D eigenvalue weighted by atomic mass is 10.1. The molecule has 0 saturated carbocycles. The van der Waals surface area contributed by atoms with Gasteiger partial charge < -0.3 is 16.2 Å². The highest BCUT2D eigenvalue weighted by molar-refractivity contribution is 6.30. The van der Waals surface area contributed by atoms with Gasteiger partial charge in [0.1, 0.15) is 11.9 Å². The maximum atomic E-state index is 6.38. The third-order valence-corrected chi connectivity index (χ3v) is 5.33. The van der Waals surface area contributed by atoms with E-state index in [2.05, 4.69) is 29.2 Å². The summed E-state index contributed by atoms with van der Waals surface area (Å²) in [6.07, 6.45) is 2.00. The molecule has 0 amide bonds. The highest BCUT2D eigenvalue weighted by Crippen LogP contribution is 2.40. The van der Waals surface area contributed by atoms with Crippen molar-refractivity contribution < 1.29 is 4.74 Å². The number of ether oxygens (including phenoxy) is 1. The van der Waals surface area contributed by atoms with Gasteiger partial charge in [-0.1, -0.05) is 35.9 Å². The van der Waals surface area contributed by atoms with Crippen LogP contribution in [-0.2, 0) is 6.42 Å². The van der Waals surface area contributed by atoms with E-state index >= 15 is 0 Å². The third kappa shape index (κ3) is 2.86. The SMILES string of the molecule is Nc1cc(Cl)ccc1O[C@@H]1c2ccccc2C[C@H]1N1CC[C@H](N)C1. The minimum Gasteiger partial charge on any atom is -0.482 e. The van der Waals surface area contributed by atoms with Gasteiger partial charge >= 0.3 is 0 Å². The molecule has 0 bridgehead atoms. The fourth-order valence-corrected chi connectivity index (χ4v) is 4.06. The van der Waals surface area contributed by atoms with Crippen LogP contribution >= 0.6 is 11.6 Å². The molecule has 0 unspecified atom stereocenters. The van der Waals surface area contributed by atoms with E-state index in [1.54, 1.807) is 6.07 Å². The first-order valence-corrected chi connectivity index (χ1v) is 8.79. The average Bonchev–Trinajstić information content (AvgIpc) is 3.14. The Balaban J connectivity index is 1.65. The number of hydrogen-bond donors (Lipinski definition) is 2. The monoisotopic (exact) mass is 343 g/mol. The molecular weight excluding hydrogens is 322 g/mol. The summed E-state index contributed by atoms with van der Waals surface area (Å²) >= 11 is 6.01. The van der Waals surface area contributed by atoms with Crippen LogP contribution in [0.15, 0.2) is 42.5 Å². The molecule has 3 atom stereocenters. The van der Waals surface area contributed by atoms with E-state index in [4.69, 9.17) is 27.8 Å². The molecule has 2 aromatic carbocycles. The molecular formula is C19H22ClN3O. The summed E-state index contributed by atoms with van der Waals surface area (Å²) in [4.78, 5) is 2.46. The van der Waals surface area contributed by atoms with Crippen molar-refractivity contribution in [1.82, 2.24) is 4.90 Å². The van der Waals surface area contributed by atoms with Crippen molar-refractivity contribution in [3.63, 3.8) is 0 Å². The molecule has 1 aliphatic carbocycles. The molecule has 4 N–H and O–H groups in total. The Morgan fingerprint density at radius 2 is 2.00 bits per heavy atom. The van der Waals surface area contributed by atoms with Crippen LogP contribution in [-0.4, -0.2) is 30.1 Å². The molecule has 5 heteroatoms. The van der Waals surface area contributed by atoms with Crippen LogP contribution in [0.25, 0.3) is 0 Å². The zero-order valence-electron chi connectivity index (χ0n) is 13.5. The molecule has 4 rings (SSSR count). The van der Waals surface area contributed by atoms with Gasteiger partial charge in [0.25, 0.3) is 0 Å². The van der Waals surface area contributed by atoms with Crippen LogP contribution in [0.5, 0.6) is 5.75 Å². The Labute approximate surface area is 147 Å². The van der Waals surface area contributed by atoms with Crippen LogP contribution in [0, 0.1) is 0 Å². The molecule has 1 heterocycles. The molecule has 1 saturated heterocycles. The summed E-state index contributed by atoms with van der Waals surface area (Å²) in [6, 6.07) is 14.5. The van der Waals surface area contributed by atoms with Crippen molar-refractivity contribution in [2.45, 2.75) is 31.0 Å². The number of rotatable bonds is 3. The first kappa shape index (κ1) is 15.8. The summed E-state index contributed by atoms with van der Waals surface area (Å²) in [7, 11) is 0. The molecule has 2 aliphatic rings. The van der Waals surface area contributed by atoms with Gasteiger partial charge in [-0.2, -0.15) is 0 Å². The van der Waals surface area contributed by atoms with Gasteiger partial charge in [0.15, 0.2) is 0 Å². The van der Waals surface area contributed by atoms with Crippen molar-refractivity contribution in [2.75, 3.05) is 18.8 Å². The Bertz CT molecular complexity index is 751. The predicted molar refractivity (Wildman–Crippen MR) is 97.3 cm³/mol. The molecule has 1 fully saturated rings. The standard InChI is InChI=1S/C19H22ClN3O/c20-13-5-6-18(16(22)10-13)24-19-15-4-2-1-3-12(15)9-17(19)23-8-7-14(21)11-23/h1-6,10,14,17,19H,7-9,11,21-22H2/t14-,17+,19+/m0/s1. The number of nitrogen functional groups attached to an aromatic ring is 1. The van der Waals surface area contributed by atoms with Gasteiger partial charge in [-0.05, 0) is 42.2 Å². The van der Waals surface area contributed by atoms with Crippen molar-refractivity contribution in [3.05, 3.63) is 58.6 Å². The molecule has 0 spiro atoms. The van der Waals surface area contributed by atoms with E-state index in [0.717, 1.165) is 25.9 Å². The lowest BCUT2D eigenvalue weighted by molar-refractivity contribution is 0.0939. The van der Waals surface area contributed by atoms with Gasteiger partial charge in [0, 0.05) is 24.2 Å². The number of benzene rings is 2. The number of halogens is 1. The van der Waals surface area contributed by atoms with Gasteiger partial charge in [-0.15, -0.1) is 0 Å². The Morgan fingerprint density at radius 1 is 1.17 bits per heavy atom. The van der Waals surface area contributed by atoms with E-state index in [1.807, 2.05) is 12.1 Å². The van der Waals surface area contributed by atoms with E-state index in [-0.39, 0.29) is 12.1 Å². The fraction of sp³-hybridized carbons (Fsp3) is 0.368. The fourth-order valence-electron chi connectivity index (χ4n) is 3.88. The van der Waals surface area contributed by atoms with E-state index < -0.39 is 0 Å². The normalized spacial score (nSPS) is 26.5. The van der Waals surface area contributed by atoms with Crippen molar-refractivity contribution in [3.8, 4) is 5.75 Å². The minimum absolute atomic E-state index is 0.0324. The molecule has 126 valence electrons. The Hall–Kier alpha value is -1.75. The van der Waals surface area contributed by atoms with Gasteiger partial charge in [0.05, 0.1) is 11.7 Å². The summed E-state index contributed by atoms with van der Waals surface area (Å²) in [5.74, 6) is 0.689. The largest absolute Gasteiger partial charge is 0.482 e. The highest BCUT2D eigenvalue weighted by atomic mass is 35.5. The zero-order valence-corrected chi connectivity index (χ0v) is 14.2. The van der Waals surface area contributed by atoms with Crippen molar-refractivity contribution in [1.29, 1.82) is 0 Å². The van der Waals surface area contributed by atoms with Crippen LogP contribution < -0.4 is 16.2 Å². The first-order chi connectivity index (χ1) is 11.6. The van der Waals surface area contributed by atoms with E-state index in [0.29, 0.717) is 22.5 Å². The van der Waals surface area contributed by atoms with Crippen LogP contribution in [0.1, 0.15) is 23.7 Å². The summed E-state index contributed by atoms with van der Waals surface area (Å²) in [5.41, 5.74) is 15.4. The Kier molecular flexibility index (Phi) is 4.12. The molecule has 2 aromatic rings. The molecule has 4 nitrogen and oxygen atoms in total. The number of likely N-dealkylation sites (tertiary alicyclic amines) is 1. The van der Waals surface area contributed by atoms with Crippen LogP contribution in [0.2, 0.25) is 5.02 Å². The number of hydrogen-bond acceptors (Lipinski definition) is 4. The first-order valence-electron chi connectivity index (χ1n) is 8.41. The van der Waals surface area contributed by atoms with Crippen LogP contribution in [0.3, 0.4) is 0 Å². The minimum atomic E-state index is -0.0324. The lowest BCUT2D eigenvalue weighted by Gasteiger charge is -2.30. The molecule has 24 heavy (non-hydrogen) atoms. The maximum Gasteiger partial charge on any atom is 0.143 e. The smallest absolute Gasteiger partial charge is 0.143 e. The van der Waals surface area contributed by atoms with Gasteiger partial charge in [0.2, 0.25) is 0 Å².